The van der Waals surface area contributed by atoms with E-state index in [9.17, 15) is 14.3 Å². The van der Waals surface area contributed by atoms with E-state index in [4.69, 9.17) is 4.52 Å². The van der Waals surface area contributed by atoms with Crippen LogP contribution in [0.4, 0.5) is 0 Å². The van der Waals surface area contributed by atoms with E-state index in [1.54, 1.807) is 37.5 Å². The monoisotopic (exact) mass is 241 g/mol. The Morgan fingerprint density at radius 3 is 2.56 bits per heavy atom. The summed E-state index contributed by atoms with van der Waals surface area (Å²) >= 11 is 0. The van der Waals surface area contributed by atoms with E-state index in [2.05, 4.69) is 0 Å². The number of hydrogen-bond acceptors (Lipinski definition) is 3. The summed E-state index contributed by atoms with van der Waals surface area (Å²) in [5.74, 6) is 0. The van der Waals surface area contributed by atoms with Crippen LogP contribution in [0.15, 0.2) is 30.3 Å². The van der Waals surface area contributed by atoms with Gasteiger partial charge in [0.1, 0.15) is 5.66 Å². The maximum Gasteiger partial charge on any atom is 0.339 e. The van der Waals surface area contributed by atoms with Crippen LogP contribution in [0.2, 0.25) is 0 Å². The van der Waals surface area contributed by atoms with Gasteiger partial charge in [-0.2, -0.15) is 0 Å². The summed E-state index contributed by atoms with van der Waals surface area (Å²) in [5, 5.41) is 0. The van der Waals surface area contributed by atoms with Gasteiger partial charge in [-0.1, -0.05) is 30.3 Å². The van der Waals surface area contributed by atoms with Crippen molar-refractivity contribution in [3.05, 3.63) is 35.9 Å². The van der Waals surface area contributed by atoms with Gasteiger partial charge in [0.15, 0.2) is 0 Å². The van der Waals surface area contributed by atoms with E-state index < -0.39 is 13.3 Å². The van der Waals surface area contributed by atoms with E-state index in [0.29, 0.717) is 0 Å². The molecule has 0 aromatic heterocycles. The summed E-state index contributed by atoms with van der Waals surface area (Å²) in [4.78, 5) is 20.2. The normalized spacial score (nSPS) is 16.4. The Morgan fingerprint density at radius 1 is 1.44 bits per heavy atom. The van der Waals surface area contributed by atoms with E-state index in [-0.39, 0.29) is 13.0 Å². The zero-order valence-corrected chi connectivity index (χ0v) is 9.89. The Morgan fingerprint density at radius 2 is 2.06 bits per heavy atom. The molecule has 16 heavy (non-hydrogen) atoms. The van der Waals surface area contributed by atoms with Crippen LogP contribution in [-0.2, 0) is 20.3 Å². The molecule has 1 aromatic rings. The van der Waals surface area contributed by atoms with Crippen molar-refractivity contribution in [1.29, 1.82) is 0 Å². The van der Waals surface area contributed by atoms with Crippen LogP contribution in [-0.4, -0.2) is 23.4 Å². The van der Waals surface area contributed by atoms with Gasteiger partial charge in [-0.05, 0) is 18.9 Å². The van der Waals surface area contributed by atoms with Crippen molar-refractivity contribution in [3.8, 4) is 0 Å². The molecule has 87 valence electrons. The number of carbonyl (C=O) groups excluding carboxylic acids is 1. The highest BCUT2D eigenvalue weighted by Gasteiger charge is 2.32. The average Bonchev–Trinajstić information content (AvgIpc) is 2.27. The summed E-state index contributed by atoms with van der Waals surface area (Å²) in [6.07, 6.45) is 1.75. The molecule has 1 aromatic carbocycles. The van der Waals surface area contributed by atoms with Crippen LogP contribution in [0.1, 0.15) is 12.5 Å². The summed E-state index contributed by atoms with van der Waals surface area (Å²) in [6, 6.07) is 9.02. The molecule has 0 saturated heterocycles. The smallest absolute Gasteiger partial charge is 0.324 e. The summed E-state index contributed by atoms with van der Waals surface area (Å²) < 4.78 is 16.3. The Balaban J connectivity index is 2.77. The van der Waals surface area contributed by atoms with E-state index >= 15 is 0 Å². The van der Waals surface area contributed by atoms with Crippen LogP contribution in [0.3, 0.4) is 0 Å². The number of hydrogen-bond donors (Lipinski definition) is 1. The highest BCUT2D eigenvalue weighted by atomic mass is 31.2. The molecule has 0 bridgehead atoms. The second kappa shape index (κ2) is 5.94. The van der Waals surface area contributed by atoms with Gasteiger partial charge in [-0.15, -0.1) is 0 Å². The van der Waals surface area contributed by atoms with Crippen molar-refractivity contribution in [2.24, 2.45) is 0 Å². The predicted molar refractivity (Wildman–Crippen MR) is 61.1 cm³/mol. The second-order valence-electron chi connectivity index (χ2n) is 3.31. The van der Waals surface area contributed by atoms with E-state index in [0.717, 1.165) is 5.56 Å². The molecule has 0 aliphatic rings. The molecule has 0 fully saturated rings. The lowest BCUT2D eigenvalue weighted by molar-refractivity contribution is 0.269. The van der Waals surface area contributed by atoms with Gasteiger partial charge in [0.2, 0.25) is 6.29 Å². The Bertz CT molecular complexity index is 377. The molecule has 2 atom stereocenters. The lowest BCUT2D eigenvalue weighted by atomic mass is 10.1. The molecule has 0 aliphatic carbocycles. The molecule has 0 aliphatic heterocycles. The third-order valence-electron chi connectivity index (χ3n) is 2.12. The van der Waals surface area contributed by atoms with E-state index in [1.807, 2.05) is 6.07 Å². The van der Waals surface area contributed by atoms with Gasteiger partial charge in [0, 0.05) is 0 Å². The lowest BCUT2D eigenvalue weighted by Gasteiger charge is -2.16. The third-order valence-corrected chi connectivity index (χ3v) is 3.82. The Hall–Kier alpha value is -0.960. The Labute approximate surface area is 94.8 Å². The molecular weight excluding hydrogens is 227 g/mol. The average molecular weight is 241 g/mol. The minimum atomic E-state index is -3.89. The van der Waals surface area contributed by atoms with Crippen LogP contribution < -0.4 is 0 Å². The molecule has 4 nitrogen and oxygen atoms in total. The zero-order valence-electron chi connectivity index (χ0n) is 9.00. The predicted octanol–water partition coefficient (Wildman–Crippen LogP) is 1.93. The summed E-state index contributed by atoms with van der Waals surface area (Å²) in [6.45, 7) is 1.70. The largest absolute Gasteiger partial charge is 0.339 e. The highest BCUT2D eigenvalue weighted by Crippen LogP contribution is 2.47. The fourth-order valence-corrected chi connectivity index (χ4v) is 2.46. The molecule has 1 rings (SSSR count). The zero-order chi connectivity index (χ0) is 12.0. The van der Waals surface area contributed by atoms with Crippen LogP contribution in [0.5, 0.6) is 0 Å². The van der Waals surface area contributed by atoms with E-state index in [1.165, 1.54) is 0 Å². The topological polar surface area (TPSA) is 63.6 Å². The quantitative estimate of drug-likeness (QED) is 0.773. The second-order valence-corrected chi connectivity index (χ2v) is 5.32. The first-order valence-electron chi connectivity index (χ1n) is 4.98. The van der Waals surface area contributed by atoms with Crippen molar-refractivity contribution in [1.82, 2.24) is 0 Å². The van der Waals surface area contributed by atoms with Gasteiger partial charge in [-0.25, -0.2) is 0 Å². The number of rotatable bonds is 6. The van der Waals surface area contributed by atoms with Crippen molar-refractivity contribution < 1.29 is 18.8 Å². The fourth-order valence-electron chi connectivity index (χ4n) is 1.34. The maximum absolute atomic E-state index is 11.6. The maximum atomic E-state index is 11.6. The molecule has 0 heterocycles. The SMILES string of the molecule is CCOP(=O)(O)C([C]=O)Cc1ccccc1. The van der Waals surface area contributed by atoms with Crippen LogP contribution in [0, 0.1) is 0 Å². The molecule has 0 spiro atoms. The lowest BCUT2D eigenvalue weighted by Crippen LogP contribution is -2.15. The highest BCUT2D eigenvalue weighted by molar-refractivity contribution is 7.54. The molecule has 0 amide bonds. The number of benzene rings is 1. The molecule has 1 N–H and O–H groups in total. The van der Waals surface area contributed by atoms with Gasteiger partial charge < -0.3 is 9.42 Å². The third kappa shape index (κ3) is 3.56. The minimum absolute atomic E-state index is 0.0980. The van der Waals surface area contributed by atoms with Gasteiger partial charge in [0.25, 0.3) is 0 Å². The van der Waals surface area contributed by atoms with Gasteiger partial charge in [0.05, 0.1) is 6.61 Å². The summed E-state index contributed by atoms with van der Waals surface area (Å²) in [5.41, 5.74) is -0.306. The Kier molecular flexibility index (Phi) is 4.87. The minimum Gasteiger partial charge on any atom is -0.324 e. The van der Waals surface area contributed by atoms with Crippen molar-refractivity contribution in [2.45, 2.75) is 19.0 Å². The fraction of sp³-hybridized carbons (Fsp3) is 0.364. The van der Waals surface area contributed by atoms with Crippen molar-refractivity contribution in [3.63, 3.8) is 0 Å². The first-order chi connectivity index (χ1) is 7.60. The van der Waals surface area contributed by atoms with Crippen LogP contribution in [0.25, 0.3) is 0 Å². The molecule has 2 unspecified atom stereocenters. The summed E-state index contributed by atoms with van der Waals surface area (Å²) in [7, 11) is -3.89. The molecule has 0 saturated carbocycles. The van der Waals surface area contributed by atoms with Crippen molar-refractivity contribution in [2.75, 3.05) is 6.61 Å². The standard InChI is InChI=1S/C11H14O4P/c1-2-15-16(13,14)11(9-12)8-10-6-4-3-5-7-10/h3-7,11H,2,8H2,1H3,(H,13,14). The van der Waals surface area contributed by atoms with Crippen molar-refractivity contribution >= 4 is 13.9 Å². The molecular formula is C11H14O4P. The van der Waals surface area contributed by atoms with Gasteiger partial charge in [-0.3, -0.25) is 9.36 Å². The van der Waals surface area contributed by atoms with Crippen LogP contribution >= 0.6 is 7.60 Å². The molecule has 5 heteroatoms. The van der Waals surface area contributed by atoms with Gasteiger partial charge >= 0.3 is 7.60 Å². The molecule has 1 radical (unpaired) electrons. The first-order valence-corrected chi connectivity index (χ1v) is 6.63. The first kappa shape index (κ1) is 13.1.